The zero-order chi connectivity index (χ0) is 21.5. The van der Waals surface area contributed by atoms with Crippen molar-refractivity contribution in [3.63, 3.8) is 0 Å². The third kappa shape index (κ3) is 3.88. The second-order valence-electron chi connectivity index (χ2n) is 6.54. The van der Waals surface area contributed by atoms with Crippen molar-refractivity contribution in [2.24, 2.45) is 0 Å². The fourth-order valence-corrected chi connectivity index (χ4v) is 5.95. The van der Waals surface area contributed by atoms with E-state index in [4.69, 9.17) is 16.3 Å². The van der Waals surface area contributed by atoms with Crippen LogP contribution in [-0.4, -0.2) is 50.0 Å². The van der Waals surface area contributed by atoms with Gasteiger partial charge in [-0.2, -0.15) is 4.31 Å². The average molecular weight is 471 g/mol. The minimum Gasteiger partial charge on any atom is -0.506 e. The molecule has 0 spiro atoms. The lowest BCUT2D eigenvalue weighted by atomic mass is 10.2. The number of sulfonamides is 1. The molecule has 1 saturated heterocycles. The van der Waals surface area contributed by atoms with E-state index >= 15 is 0 Å². The molecule has 1 aliphatic rings. The highest BCUT2D eigenvalue weighted by molar-refractivity contribution is 7.89. The Labute approximate surface area is 180 Å². The van der Waals surface area contributed by atoms with Crippen LogP contribution < -0.4 is 5.32 Å². The van der Waals surface area contributed by atoms with Gasteiger partial charge in [-0.05, 0) is 36.4 Å². The van der Waals surface area contributed by atoms with Crippen LogP contribution in [0.15, 0.2) is 41.3 Å². The molecule has 30 heavy (non-hydrogen) atoms. The number of nitrogens with zero attached hydrogens (tertiary/aromatic N) is 1. The second kappa shape index (κ2) is 8.12. The number of halogens is 2. The predicted octanol–water partition coefficient (Wildman–Crippen LogP) is 3.67. The average Bonchev–Trinajstić information content (AvgIpc) is 3.06. The van der Waals surface area contributed by atoms with Crippen LogP contribution in [0.25, 0.3) is 10.1 Å². The van der Waals surface area contributed by atoms with Gasteiger partial charge in [0, 0.05) is 23.2 Å². The van der Waals surface area contributed by atoms with Crippen LogP contribution >= 0.6 is 22.9 Å². The van der Waals surface area contributed by atoms with Crippen LogP contribution in [0.2, 0.25) is 5.02 Å². The smallest absolute Gasteiger partial charge is 0.267 e. The fourth-order valence-electron chi connectivity index (χ4n) is 3.08. The van der Waals surface area contributed by atoms with Crippen molar-refractivity contribution < 1.29 is 27.4 Å². The maximum Gasteiger partial charge on any atom is 0.267 e. The van der Waals surface area contributed by atoms with Gasteiger partial charge in [-0.15, -0.1) is 11.3 Å². The molecule has 3 aromatic rings. The molecule has 11 heteroatoms. The third-order valence-electron chi connectivity index (χ3n) is 4.62. The molecular formula is C19H16ClFN2O5S2. The van der Waals surface area contributed by atoms with Crippen molar-refractivity contribution in [2.45, 2.75) is 4.90 Å². The van der Waals surface area contributed by atoms with Crippen molar-refractivity contribution >= 4 is 54.6 Å². The Bertz CT molecular complexity index is 1240. The number of anilines is 1. The lowest BCUT2D eigenvalue weighted by Crippen LogP contribution is -2.40. The van der Waals surface area contributed by atoms with Crippen LogP contribution in [-0.2, 0) is 14.8 Å². The van der Waals surface area contributed by atoms with E-state index in [0.717, 1.165) is 11.3 Å². The quantitative estimate of drug-likeness (QED) is 0.567. The molecule has 0 radical (unpaired) electrons. The highest BCUT2D eigenvalue weighted by Gasteiger charge is 2.27. The number of carbonyl (C=O) groups excluding carboxylic acids is 1. The Hall–Kier alpha value is -2.24. The third-order valence-corrected chi connectivity index (χ3v) is 8.17. The first-order chi connectivity index (χ1) is 14.3. The van der Waals surface area contributed by atoms with Gasteiger partial charge in [0.15, 0.2) is 0 Å². The van der Waals surface area contributed by atoms with E-state index in [1.165, 1.54) is 40.7 Å². The van der Waals surface area contributed by atoms with Crippen molar-refractivity contribution in [3.05, 3.63) is 52.1 Å². The van der Waals surface area contributed by atoms with Crippen molar-refractivity contribution in [1.82, 2.24) is 4.31 Å². The number of hydrogen-bond donors (Lipinski definition) is 2. The minimum atomic E-state index is -3.81. The normalized spacial score (nSPS) is 15.4. The van der Waals surface area contributed by atoms with Crippen LogP contribution in [0.4, 0.5) is 10.1 Å². The molecule has 4 rings (SSSR count). The number of fused-ring (bicyclic) bond motifs is 1. The Morgan fingerprint density at radius 1 is 1.20 bits per heavy atom. The summed E-state index contributed by atoms with van der Waals surface area (Å²) in [6, 6.07) is 7.66. The number of ether oxygens (including phenoxy) is 1. The fraction of sp³-hybridized carbons (Fsp3) is 0.211. The van der Waals surface area contributed by atoms with E-state index in [1.807, 2.05) is 0 Å². The van der Waals surface area contributed by atoms with E-state index in [2.05, 4.69) is 5.32 Å². The van der Waals surface area contributed by atoms with Gasteiger partial charge in [-0.3, -0.25) is 4.79 Å². The summed E-state index contributed by atoms with van der Waals surface area (Å²) in [5.41, 5.74) is -0.0750. The summed E-state index contributed by atoms with van der Waals surface area (Å²) in [6.07, 6.45) is 0. The first-order valence-corrected chi connectivity index (χ1v) is 11.5. The largest absolute Gasteiger partial charge is 0.506 e. The van der Waals surface area contributed by atoms with Crippen LogP contribution in [0, 0.1) is 5.82 Å². The van der Waals surface area contributed by atoms with E-state index < -0.39 is 21.7 Å². The molecule has 1 fully saturated rings. The highest BCUT2D eigenvalue weighted by atomic mass is 35.5. The van der Waals surface area contributed by atoms with Crippen molar-refractivity contribution in [1.29, 1.82) is 0 Å². The topological polar surface area (TPSA) is 95.9 Å². The van der Waals surface area contributed by atoms with Crippen molar-refractivity contribution in [2.75, 3.05) is 31.6 Å². The molecule has 158 valence electrons. The summed E-state index contributed by atoms with van der Waals surface area (Å²) >= 11 is 7.26. The number of phenols is 1. The summed E-state index contributed by atoms with van der Waals surface area (Å²) in [5, 5.41) is 13.3. The van der Waals surface area contributed by atoms with E-state index in [9.17, 15) is 22.7 Å². The van der Waals surface area contributed by atoms with E-state index in [1.54, 1.807) is 0 Å². The molecule has 2 N–H and O–H groups in total. The van der Waals surface area contributed by atoms with Gasteiger partial charge in [0.1, 0.15) is 16.4 Å². The van der Waals surface area contributed by atoms with E-state index in [-0.39, 0.29) is 39.3 Å². The summed E-state index contributed by atoms with van der Waals surface area (Å²) < 4.78 is 46.1. The number of hydrogen-bond acceptors (Lipinski definition) is 6. The minimum absolute atomic E-state index is 0.0676. The van der Waals surface area contributed by atoms with Gasteiger partial charge in [0.25, 0.3) is 5.91 Å². The zero-order valence-corrected chi connectivity index (χ0v) is 17.8. The lowest BCUT2D eigenvalue weighted by molar-refractivity contribution is 0.0730. The molecule has 0 saturated carbocycles. The van der Waals surface area contributed by atoms with Gasteiger partial charge in [-0.25, -0.2) is 12.8 Å². The molecule has 1 aliphatic heterocycles. The molecule has 2 aromatic carbocycles. The molecule has 0 bridgehead atoms. The second-order valence-corrected chi connectivity index (χ2v) is 9.90. The summed E-state index contributed by atoms with van der Waals surface area (Å²) in [6.45, 7) is 1.04. The zero-order valence-electron chi connectivity index (χ0n) is 15.4. The molecule has 2 heterocycles. The number of thiophene rings is 1. The number of morpholine rings is 1. The van der Waals surface area contributed by atoms with Gasteiger partial charge in [-0.1, -0.05) is 11.6 Å². The van der Waals surface area contributed by atoms with Gasteiger partial charge in [0.05, 0.1) is 28.8 Å². The molecule has 1 amide bonds. The summed E-state index contributed by atoms with van der Waals surface area (Å²) in [5.74, 6) is -1.39. The number of carbonyl (C=O) groups is 1. The number of nitrogens with one attached hydrogen (secondary N) is 1. The Kier molecular flexibility index (Phi) is 5.69. The summed E-state index contributed by atoms with van der Waals surface area (Å²) in [4.78, 5) is 12.8. The maximum absolute atomic E-state index is 13.4. The van der Waals surface area contributed by atoms with Gasteiger partial charge < -0.3 is 15.2 Å². The standard InChI is InChI=1S/C19H16ClFN2O5S2/c20-17-13-3-1-11(21)9-16(13)29-18(17)19(25)22-14-10-12(2-4-15(14)24)30(26,27)23-5-7-28-8-6-23/h1-4,9-10,24H,5-8H2,(H,22,25). The van der Waals surface area contributed by atoms with Gasteiger partial charge in [0.2, 0.25) is 10.0 Å². The van der Waals surface area contributed by atoms with Crippen LogP contribution in [0.1, 0.15) is 9.67 Å². The molecule has 0 unspecified atom stereocenters. The summed E-state index contributed by atoms with van der Waals surface area (Å²) in [7, 11) is -3.81. The number of aromatic hydroxyl groups is 1. The van der Waals surface area contributed by atoms with Crippen molar-refractivity contribution in [3.8, 4) is 5.75 Å². The SMILES string of the molecule is O=C(Nc1cc(S(=O)(=O)N2CCOCC2)ccc1O)c1sc2cc(F)ccc2c1Cl. The Morgan fingerprint density at radius 2 is 1.93 bits per heavy atom. The van der Waals surface area contributed by atoms with E-state index in [0.29, 0.717) is 23.3 Å². The first kappa shape index (κ1) is 21.0. The maximum atomic E-state index is 13.4. The first-order valence-electron chi connectivity index (χ1n) is 8.87. The number of rotatable bonds is 4. The predicted molar refractivity (Wildman–Crippen MR) is 112 cm³/mol. The molecule has 1 aromatic heterocycles. The molecule has 0 atom stereocenters. The molecule has 0 aliphatic carbocycles. The Balaban J connectivity index is 1.64. The number of amides is 1. The van der Waals surface area contributed by atoms with Gasteiger partial charge >= 0.3 is 0 Å². The molecule has 7 nitrogen and oxygen atoms in total. The number of benzene rings is 2. The number of phenolic OH excluding ortho intramolecular Hbond substituents is 1. The lowest BCUT2D eigenvalue weighted by Gasteiger charge is -2.26. The van der Waals surface area contributed by atoms with Crippen LogP contribution in [0.5, 0.6) is 5.75 Å². The monoisotopic (exact) mass is 470 g/mol. The Morgan fingerprint density at radius 3 is 2.67 bits per heavy atom. The van der Waals surface area contributed by atoms with Crippen LogP contribution in [0.3, 0.4) is 0 Å². The molecular weight excluding hydrogens is 455 g/mol. The highest BCUT2D eigenvalue weighted by Crippen LogP contribution is 2.37.